The minimum atomic E-state index is -0.724. The molecule has 1 N–H and O–H groups in total. The number of hydrogen-bond acceptors (Lipinski definition) is 3. The Kier molecular flexibility index (Phi) is 3.65. The minimum Gasteiger partial charge on any atom is -0.457 e. The van der Waals surface area contributed by atoms with Gasteiger partial charge in [-0.3, -0.25) is 0 Å². The largest absolute Gasteiger partial charge is 0.457 e. The Morgan fingerprint density at radius 2 is 2.14 bits per heavy atom. The number of hydrogen-bond donors (Lipinski definition) is 1. The molecule has 0 aliphatic carbocycles. The van der Waals surface area contributed by atoms with Gasteiger partial charge in [-0.1, -0.05) is 24.3 Å². The number of ether oxygens (including phenoxy) is 1. The minimum absolute atomic E-state index is 0.185. The fraction of sp³-hybridized carbons (Fsp3) is 0.364. The maximum absolute atomic E-state index is 11.2. The van der Waals surface area contributed by atoms with Crippen molar-refractivity contribution < 1.29 is 14.6 Å². The molecule has 1 atom stereocenters. The molecule has 0 saturated carbocycles. The lowest BCUT2D eigenvalue weighted by molar-refractivity contribution is -0.135. The molecule has 0 amide bonds. The molecule has 0 radical (unpaired) electrons. The predicted octanol–water partition coefficient (Wildman–Crippen LogP) is 1.35. The van der Waals surface area contributed by atoms with E-state index < -0.39 is 6.10 Å². The van der Waals surface area contributed by atoms with E-state index in [1.807, 2.05) is 13.8 Å². The third-order valence-electron chi connectivity index (χ3n) is 1.99. The standard InChI is InChI=1S/C11H14O3/c1-3-5-8-9(7-14-11(8)13)10(12)6-4-2/h3-6,10,12H,7H2,1-2H3/b5-3+,6-4+/t10-/m0/s1. The van der Waals surface area contributed by atoms with Crippen LogP contribution < -0.4 is 0 Å². The van der Waals surface area contributed by atoms with Gasteiger partial charge in [0.05, 0.1) is 11.7 Å². The van der Waals surface area contributed by atoms with E-state index in [-0.39, 0.29) is 12.6 Å². The lowest BCUT2D eigenvalue weighted by Gasteiger charge is -2.05. The van der Waals surface area contributed by atoms with E-state index in [0.29, 0.717) is 11.1 Å². The van der Waals surface area contributed by atoms with Crippen LogP contribution in [0.25, 0.3) is 0 Å². The summed E-state index contributed by atoms with van der Waals surface area (Å²) in [5.41, 5.74) is 1.10. The fourth-order valence-electron chi connectivity index (χ4n) is 1.31. The van der Waals surface area contributed by atoms with Crippen LogP contribution in [0.1, 0.15) is 13.8 Å². The van der Waals surface area contributed by atoms with Crippen LogP contribution in [0, 0.1) is 0 Å². The molecule has 3 heteroatoms. The summed E-state index contributed by atoms with van der Waals surface area (Å²) in [6, 6.07) is 0. The molecule has 3 nitrogen and oxygen atoms in total. The maximum Gasteiger partial charge on any atom is 0.338 e. The molecule has 1 rings (SSSR count). The summed E-state index contributed by atoms with van der Waals surface area (Å²) in [4.78, 5) is 11.2. The highest BCUT2D eigenvalue weighted by Crippen LogP contribution is 2.20. The average Bonchev–Trinajstić information content (AvgIpc) is 2.50. The Bertz CT molecular complexity index is 310. The number of cyclic esters (lactones) is 1. The predicted molar refractivity (Wildman–Crippen MR) is 53.6 cm³/mol. The Balaban J connectivity index is 2.98. The summed E-state index contributed by atoms with van der Waals surface area (Å²) in [5, 5.41) is 9.65. The number of esters is 1. The number of rotatable bonds is 3. The second-order valence-corrected chi connectivity index (χ2v) is 2.99. The van der Waals surface area contributed by atoms with E-state index in [9.17, 15) is 9.90 Å². The molecular formula is C11H14O3. The molecule has 0 aromatic carbocycles. The first kappa shape index (κ1) is 10.7. The van der Waals surface area contributed by atoms with Crippen LogP contribution >= 0.6 is 0 Å². The van der Waals surface area contributed by atoms with Crippen molar-refractivity contribution in [2.75, 3.05) is 6.61 Å². The number of allylic oxidation sites excluding steroid dienone is 2. The second kappa shape index (κ2) is 4.77. The fourth-order valence-corrected chi connectivity index (χ4v) is 1.31. The molecule has 76 valence electrons. The van der Waals surface area contributed by atoms with Gasteiger partial charge in [0, 0.05) is 5.57 Å². The first-order valence-electron chi connectivity index (χ1n) is 4.54. The molecule has 0 bridgehead atoms. The van der Waals surface area contributed by atoms with Crippen LogP contribution in [0.15, 0.2) is 35.5 Å². The van der Waals surface area contributed by atoms with Crippen LogP contribution in [-0.2, 0) is 9.53 Å². The summed E-state index contributed by atoms with van der Waals surface area (Å²) < 4.78 is 4.84. The monoisotopic (exact) mass is 194 g/mol. The maximum atomic E-state index is 11.2. The van der Waals surface area contributed by atoms with Gasteiger partial charge in [-0.2, -0.15) is 0 Å². The Hall–Kier alpha value is -1.35. The molecule has 1 heterocycles. The van der Waals surface area contributed by atoms with E-state index in [1.54, 1.807) is 24.3 Å². The van der Waals surface area contributed by atoms with Crippen molar-refractivity contribution >= 4 is 5.97 Å². The molecule has 1 aliphatic rings. The third kappa shape index (κ3) is 2.12. The summed E-state index contributed by atoms with van der Waals surface area (Å²) in [5.74, 6) is -0.360. The molecule has 14 heavy (non-hydrogen) atoms. The molecular weight excluding hydrogens is 180 g/mol. The van der Waals surface area contributed by atoms with Crippen molar-refractivity contribution in [3.63, 3.8) is 0 Å². The van der Waals surface area contributed by atoms with E-state index in [1.165, 1.54) is 0 Å². The smallest absolute Gasteiger partial charge is 0.338 e. The van der Waals surface area contributed by atoms with Gasteiger partial charge >= 0.3 is 5.97 Å². The number of carbonyl (C=O) groups excluding carboxylic acids is 1. The van der Waals surface area contributed by atoms with Gasteiger partial charge in [0.1, 0.15) is 6.61 Å². The highest BCUT2D eigenvalue weighted by atomic mass is 16.5. The van der Waals surface area contributed by atoms with Gasteiger partial charge in [0.15, 0.2) is 0 Å². The highest BCUT2D eigenvalue weighted by molar-refractivity contribution is 5.95. The first-order valence-corrected chi connectivity index (χ1v) is 4.54. The van der Waals surface area contributed by atoms with Crippen LogP contribution in [0.4, 0.5) is 0 Å². The Morgan fingerprint density at radius 3 is 2.71 bits per heavy atom. The topological polar surface area (TPSA) is 46.5 Å². The summed E-state index contributed by atoms with van der Waals surface area (Å²) in [6.07, 6.45) is 6.06. The van der Waals surface area contributed by atoms with Gasteiger partial charge < -0.3 is 9.84 Å². The van der Waals surface area contributed by atoms with Gasteiger partial charge in [0.2, 0.25) is 0 Å². The van der Waals surface area contributed by atoms with Crippen molar-refractivity contribution in [2.45, 2.75) is 20.0 Å². The van der Waals surface area contributed by atoms with Gasteiger partial charge in [-0.15, -0.1) is 0 Å². The summed E-state index contributed by atoms with van der Waals surface area (Å²) >= 11 is 0. The van der Waals surface area contributed by atoms with E-state index in [0.717, 1.165) is 0 Å². The van der Waals surface area contributed by atoms with E-state index in [4.69, 9.17) is 4.74 Å². The zero-order valence-electron chi connectivity index (χ0n) is 8.36. The summed E-state index contributed by atoms with van der Waals surface area (Å²) in [7, 11) is 0. The van der Waals surface area contributed by atoms with Crippen molar-refractivity contribution in [3.8, 4) is 0 Å². The number of aliphatic hydroxyl groups excluding tert-OH is 1. The molecule has 0 unspecified atom stereocenters. The average molecular weight is 194 g/mol. The highest BCUT2D eigenvalue weighted by Gasteiger charge is 2.25. The van der Waals surface area contributed by atoms with Crippen molar-refractivity contribution in [1.82, 2.24) is 0 Å². The molecule has 0 spiro atoms. The van der Waals surface area contributed by atoms with Crippen molar-refractivity contribution in [2.24, 2.45) is 0 Å². The number of aliphatic hydroxyl groups is 1. The summed E-state index contributed by atoms with van der Waals surface area (Å²) in [6.45, 7) is 3.82. The van der Waals surface area contributed by atoms with Crippen LogP contribution in [-0.4, -0.2) is 23.8 Å². The molecule has 0 aromatic heterocycles. The Labute approximate surface area is 83.4 Å². The molecule has 0 aromatic rings. The molecule has 0 fully saturated rings. The first-order chi connectivity index (χ1) is 6.70. The zero-order valence-corrected chi connectivity index (χ0v) is 8.36. The van der Waals surface area contributed by atoms with Crippen LogP contribution in [0.3, 0.4) is 0 Å². The lowest BCUT2D eigenvalue weighted by Crippen LogP contribution is -2.09. The lowest BCUT2D eigenvalue weighted by atomic mass is 10.0. The van der Waals surface area contributed by atoms with E-state index in [2.05, 4.69) is 0 Å². The van der Waals surface area contributed by atoms with Crippen LogP contribution in [0.5, 0.6) is 0 Å². The third-order valence-corrected chi connectivity index (χ3v) is 1.99. The van der Waals surface area contributed by atoms with Crippen LogP contribution in [0.2, 0.25) is 0 Å². The van der Waals surface area contributed by atoms with Crippen molar-refractivity contribution in [3.05, 3.63) is 35.5 Å². The van der Waals surface area contributed by atoms with Gasteiger partial charge in [0.25, 0.3) is 0 Å². The quantitative estimate of drug-likeness (QED) is 0.545. The normalized spacial score (nSPS) is 19.8. The van der Waals surface area contributed by atoms with Gasteiger partial charge in [-0.05, 0) is 13.8 Å². The number of carbonyl (C=O) groups is 1. The van der Waals surface area contributed by atoms with E-state index >= 15 is 0 Å². The SMILES string of the molecule is C/C=C/C1=C([C@@H](O)/C=C/C)COC1=O. The molecule has 1 aliphatic heterocycles. The zero-order chi connectivity index (χ0) is 10.6. The Morgan fingerprint density at radius 1 is 1.43 bits per heavy atom. The molecule has 0 saturated heterocycles. The van der Waals surface area contributed by atoms with Crippen molar-refractivity contribution in [1.29, 1.82) is 0 Å². The van der Waals surface area contributed by atoms with Gasteiger partial charge in [-0.25, -0.2) is 4.79 Å². The second-order valence-electron chi connectivity index (χ2n) is 2.99.